The molecule has 92 valence electrons. The molecular weight excluding hydrogens is 218 g/mol. The van der Waals surface area contributed by atoms with E-state index in [0.717, 1.165) is 12.1 Å². The van der Waals surface area contributed by atoms with Crippen molar-refractivity contribution in [3.8, 4) is 0 Å². The van der Waals surface area contributed by atoms with E-state index >= 15 is 0 Å². The Bertz CT molecular complexity index is 404. The third kappa shape index (κ3) is 4.65. The Balaban J connectivity index is 2.49. The molecule has 5 heteroatoms. The molecule has 0 atom stereocenters. The Kier molecular flexibility index (Phi) is 5.16. The van der Waals surface area contributed by atoms with E-state index in [1.54, 1.807) is 18.2 Å². The normalized spacial score (nSPS) is 9.94. The zero-order chi connectivity index (χ0) is 12.7. The zero-order valence-electron chi connectivity index (χ0n) is 9.82. The van der Waals surface area contributed by atoms with Crippen LogP contribution in [0.2, 0.25) is 0 Å². The molecule has 0 unspecified atom stereocenters. The number of primary amides is 1. The van der Waals surface area contributed by atoms with Gasteiger partial charge < -0.3 is 16.4 Å². The third-order valence-electron chi connectivity index (χ3n) is 2.24. The minimum absolute atomic E-state index is 0.0728. The highest BCUT2D eigenvalue weighted by Gasteiger charge is 2.03. The number of carbonyl (C=O) groups is 2. The summed E-state index contributed by atoms with van der Waals surface area (Å²) >= 11 is 0. The van der Waals surface area contributed by atoms with Gasteiger partial charge in [-0.25, -0.2) is 0 Å². The van der Waals surface area contributed by atoms with E-state index in [9.17, 15) is 9.59 Å². The number of likely N-dealkylation sites (N-methyl/N-ethyl adjacent to an activating group) is 1. The van der Waals surface area contributed by atoms with Crippen LogP contribution in [0.4, 0.5) is 0 Å². The lowest BCUT2D eigenvalue weighted by Crippen LogP contribution is -2.33. The summed E-state index contributed by atoms with van der Waals surface area (Å²) in [5.74, 6) is -0.540. The highest BCUT2D eigenvalue weighted by molar-refractivity contribution is 5.92. The lowest BCUT2D eigenvalue weighted by molar-refractivity contribution is -0.120. The SMILES string of the molecule is CCNCC(=O)NCc1cccc(C(N)=O)c1. The van der Waals surface area contributed by atoms with Crippen LogP contribution in [0.3, 0.4) is 0 Å². The predicted molar refractivity (Wildman–Crippen MR) is 65.4 cm³/mol. The van der Waals surface area contributed by atoms with Gasteiger partial charge in [0.15, 0.2) is 0 Å². The van der Waals surface area contributed by atoms with Crippen LogP contribution in [0.1, 0.15) is 22.8 Å². The molecule has 0 saturated heterocycles. The van der Waals surface area contributed by atoms with E-state index in [1.807, 2.05) is 13.0 Å². The Labute approximate surface area is 100 Å². The molecule has 1 aromatic carbocycles. The molecule has 0 aliphatic carbocycles. The van der Waals surface area contributed by atoms with Crippen molar-refractivity contribution in [2.24, 2.45) is 5.73 Å². The molecule has 17 heavy (non-hydrogen) atoms. The number of nitrogens with two attached hydrogens (primary N) is 1. The molecule has 1 rings (SSSR count). The highest BCUT2D eigenvalue weighted by atomic mass is 16.2. The minimum Gasteiger partial charge on any atom is -0.366 e. The molecule has 0 radical (unpaired) electrons. The van der Waals surface area contributed by atoms with E-state index < -0.39 is 5.91 Å². The third-order valence-corrected chi connectivity index (χ3v) is 2.24. The Hall–Kier alpha value is -1.88. The fraction of sp³-hybridized carbons (Fsp3) is 0.333. The first-order valence-corrected chi connectivity index (χ1v) is 5.49. The quantitative estimate of drug-likeness (QED) is 0.649. The standard InChI is InChI=1S/C12H17N3O2/c1-2-14-8-11(16)15-7-9-4-3-5-10(6-9)12(13)17/h3-6,14H,2,7-8H2,1H3,(H2,13,17)(H,15,16). The van der Waals surface area contributed by atoms with Crippen LogP contribution in [0.25, 0.3) is 0 Å². The second kappa shape index (κ2) is 6.65. The summed E-state index contributed by atoms with van der Waals surface area (Å²) in [4.78, 5) is 22.3. The minimum atomic E-state index is -0.467. The maximum absolute atomic E-state index is 11.3. The molecule has 0 saturated carbocycles. The van der Waals surface area contributed by atoms with Crippen molar-refractivity contribution >= 4 is 11.8 Å². The van der Waals surface area contributed by atoms with Gasteiger partial charge in [0.25, 0.3) is 0 Å². The number of amides is 2. The molecule has 0 spiro atoms. The second-order valence-electron chi connectivity index (χ2n) is 3.62. The number of rotatable bonds is 6. The number of carbonyl (C=O) groups excluding carboxylic acids is 2. The van der Waals surface area contributed by atoms with E-state index in [-0.39, 0.29) is 5.91 Å². The largest absolute Gasteiger partial charge is 0.366 e. The first-order chi connectivity index (χ1) is 8.13. The average Bonchev–Trinajstić information content (AvgIpc) is 2.34. The average molecular weight is 235 g/mol. The number of benzene rings is 1. The van der Waals surface area contributed by atoms with Gasteiger partial charge in [-0.05, 0) is 24.2 Å². The van der Waals surface area contributed by atoms with Gasteiger partial charge in [0.05, 0.1) is 6.54 Å². The van der Waals surface area contributed by atoms with Crippen molar-refractivity contribution in [1.29, 1.82) is 0 Å². The molecule has 0 bridgehead atoms. The molecule has 0 heterocycles. The van der Waals surface area contributed by atoms with Gasteiger partial charge in [-0.1, -0.05) is 19.1 Å². The maximum Gasteiger partial charge on any atom is 0.248 e. The van der Waals surface area contributed by atoms with Crippen LogP contribution < -0.4 is 16.4 Å². The fourth-order valence-corrected chi connectivity index (χ4v) is 1.34. The molecule has 5 nitrogen and oxygen atoms in total. The van der Waals surface area contributed by atoms with Crippen LogP contribution in [0.5, 0.6) is 0 Å². The molecule has 0 aromatic heterocycles. The van der Waals surface area contributed by atoms with Gasteiger partial charge in [-0.15, -0.1) is 0 Å². The second-order valence-corrected chi connectivity index (χ2v) is 3.62. The molecule has 0 fully saturated rings. The summed E-state index contributed by atoms with van der Waals surface area (Å²) in [6.07, 6.45) is 0. The van der Waals surface area contributed by atoms with Gasteiger partial charge in [-0.3, -0.25) is 9.59 Å². The van der Waals surface area contributed by atoms with Crippen LogP contribution in [-0.4, -0.2) is 24.9 Å². The topological polar surface area (TPSA) is 84.2 Å². The van der Waals surface area contributed by atoms with Crippen molar-refractivity contribution in [2.45, 2.75) is 13.5 Å². The van der Waals surface area contributed by atoms with Crippen molar-refractivity contribution in [1.82, 2.24) is 10.6 Å². The molecule has 0 aliphatic rings. The van der Waals surface area contributed by atoms with E-state index in [1.165, 1.54) is 0 Å². The van der Waals surface area contributed by atoms with Gasteiger partial charge >= 0.3 is 0 Å². The number of hydrogen-bond acceptors (Lipinski definition) is 3. The molecule has 2 amide bonds. The highest BCUT2D eigenvalue weighted by Crippen LogP contribution is 2.04. The summed E-state index contributed by atoms with van der Waals surface area (Å²) in [6.45, 7) is 3.38. The lowest BCUT2D eigenvalue weighted by atomic mass is 10.1. The molecule has 1 aromatic rings. The Morgan fingerprint density at radius 3 is 2.76 bits per heavy atom. The van der Waals surface area contributed by atoms with Gasteiger partial charge in [0.1, 0.15) is 0 Å². The fourth-order valence-electron chi connectivity index (χ4n) is 1.34. The van der Waals surface area contributed by atoms with Gasteiger partial charge in [-0.2, -0.15) is 0 Å². The molecule has 0 aliphatic heterocycles. The molecular formula is C12H17N3O2. The Morgan fingerprint density at radius 1 is 1.35 bits per heavy atom. The van der Waals surface area contributed by atoms with Crippen LogP contribution >= 0.6 is 0 Å². The van der Waals surface area contributed by atoms with Crippen molar-refractivity contribution in [3.63, 3.8) is 0 Å². The van der Waals surface area contributed by atoms with E-state index in [0.29, 0.717) is 18.7 Å². The van der Waals surface area contributed by atoms with Crippen LogP contribution in [0.15, 0.2) is 24.3 Å². The Morgan fingerprint density at radius 2 is 2.12 bits per heavy atom. The van der Waals surface area contributed by atoms with E-state index in [4.69, 9.17) is 5.73 Å². The summed E-state index contributed by atoms with van der Waals surface area (Å²) in [5, 5.41) is 5.67. The maximum atomic E-state index is 11.3. The predicted octanol–water partition coefficient (Wildman–Crippen LogP) is 0.0112. The zero-order valence-corrected chi connectivity index (χ0v) is 9.82. The van der Waals surface area contributed by atoms with Gasteiger partial charge in [0, 0.05) is 12.1 Å². The molecule has 4 N–H and O–H groups in total. The number of hydrogen-bond donors (Lipinski definition) is 3. The van der Waals surface area contributed by atoms with Crippen molar-refractivity contribution in [3.05, 3.63) is 35.4 Å². The lowest BCUT2D eigenvalue weighted by Gasteiger charge is -2.06. The van der Waals surface area contributed by atoms with E-state index in [2.05, 4.69) is 10.6 Å². The first-order valence-electron chi connectivity index (χ1n) is 5.49. The smallest absolute Gasteiger partial charge is 0.248 e. The summed E-state index contributed by atoms with van der Waals surface area (Å²) in [5.41, 5.74) is 6.47. The van der Waals surface area contributed by atoms with Gasteiger partial charge in [0.2, 0.25) is 11.8 Å². The first kappa shape index (κ1) is 13.2. The number of nitrogens with one attached hydrogen (secondary N) is 2. The van der Waals surface area contributed by atoms with Crippen LogP contribution in [-0.2, 0) is 11.3 Å². The monoisotopic (exact) mass is 235 g/mol. The summed E-state index contributed by atoms with van der Waals surface area (Å²) < 4.78 is 0. The van der Waals surface area contributed by atoms with Crippen molar-refractivity contribution < 1.29 is 9.59 Å². The summed E-state index contributed by atoms with van der Waals surface area (Å²) in [7, 11) is 0. The summed E-state index contributed by atoms with van der Waals surface area (Å²) in [6, 6.07) is 6.90. The van der Waals surface area contributed by atoms with Crippen molar-refractivity contribution in [2.75, 3.05) is 13.1 Å². The van der Waals surface area contributed by atoms with Crippen LogP contribution in [0, 0.1) is 0 Å².